The molecule has 0 heterocycles. The zero-order valence-electron chi connectivity index (χ0n) is 11.8. The third-order valence-electron chi connectivity index (χ3n) is 3.74. The van der Waals surface area contributed by atoms with Crippen LogP contribution in [-0.2, 0) is 0 Å². The van der Waals surface area contributed by atoms with Gasteiger partial charge in [0.15, 0.2) is 0 Å². The van der Waals surface area contributed by atoms with Gasteiger partial charge < -0.3 is 5.32 Å². The molecule has 102 valence electrons. The van der Waals surface area contributed by atoms with E-state index in [1.165, 1.54) is 70.1 Å². The minimum absolute atomic E-state index is 0.716. The fourth-order valence-corrected chi connectivity index (χ4v) is 3.80. The number of rotatable bonds is 9. The first-order chi connectivity index (χ1) is 8.33. The highest BCUT2D eigenvalue weighted by molar-refractivity contribution is 7.99. The Morgan fingerprint density at radius 1 is 1.18 bits per heavy atom. The van der Waals surface area contributed by atoms with Gasteiger partial charge in [-0.2, -0.15) is 11.8 Å². The molecule has 1 N–H and O–H groups in total. The SMILES string of the molecule is CCCCCC(C)NCCSC1CCCCC1. The fraction of sp³-hybridized carbons (Fsp3) is 1.00. The van der Waals surface area contributed by atoms with Gasteiger partial charge in [-0.1, -0.05) is 45.4 Å². The molecule has 1 unspecified atom stereocenters. The molecular formula is C15H31NS. The Bertz CT molecular complexity index is 166. The summed E-state index contributed by atoms with van der Waals surface area (Å²) >= 11 is 2.21. The van der Waals surface area contributed by atoms with Crippen LogP contribution in [0.5, 0.6) is 0 Å². The fourth-order valence-electron chi connectivity index (χ4n) is 2.57. The van der Waals surface area contributed by atoms with E-state index in [0.29, 0.717) is 6.04 Å². The van der Waals surface area contributed by atoms with Gasteiger partial charge in [0, 0.05) is 23.6 Å². The van der Waals surface area contributed by atoms with Crippen molar-refractivity contribution in [3.63, 3.8) is 0 Å². The minimum Gasteiger partial charge on any atom is -0.313 e. The Morgan fingerprint density at radius 3 is 2.65 bits per heavy atom. The highest BCUT2D eigenvalue weighted by Gasteiger charge is 2.13. The monoisotopic (exact) mass is 257 g/mol. The van der Waals surface area contributed by atoms with Crippen LogP contribution in [-0.4, -0.2) is 23.6 Å². The van der Waals surface area contributed by atoms with E-state index < -0.39 is 0 Å². The van der Waals surface area contributed by atoms with Gasteiger partial charge in [0.2, 0.25) is 0 Å². The van der Waals surface area contributed by atoms with Crippen LogP contribution in [0, 0.1) is 0 Å². The molecule has 1 saturated carbocycles. The molecule has 0 aromatic carbocycles. The van der Waals surface area contributed by atoms with E-state index in [1.807, 2.05) is 0 Å². The summed E-state index contributed by atoms with van der Waals surface area (Å²) in [5.41, 5.74) is 0. The second-order valence-electron chi connectivity index (χ2n) is 5.48. The number of unbranched alkanes of at least 4 members (excludes halogenated alkanes) is 2. The number of hydrogen-bond acceptors (Lipinski definition) is 2. The molecule has 0 radical (unpaired) electrons. The summed E-state index contributed by atoms with van der Waals surface area (Å²) in [4.78, 5) is 0. The normalized spacial score (nSPS) is 19.4. The van der Waals surface area contributed by atoms with Crippen LogP contribution in [0.2, 0.25) is 0 Å². The van der Waals surface area contributed by atoms with Crippen LogP contribution in [0.4, 0.5) is 0 Å². The molecule has 0 aliphatic heterocycles. The number of hydrogen-bond donors (Lipinski definition) is 1. The maximum absolute atomic E-state index is 3.66. The van der Waals surface area contributed by atoms with Crippen LogP contribution in [0.3, 0.4) is 0 Å². The Morgan fingerprint density at radius 2 is 1.94 bits per heavy atom. The van der Waals surface area contributed by atoms with Crippen LogP contribution in [0.1, 0.15) is 71.6 Å². The summed E-state index contributed by atoms with van der Waals surface area (Å²) in [6.45, 7) is 5.81. The zero-order chi connectivity index (χ0) is 12.3. The van der Waals surface area contributed by atoms with E-state index in [0.717, 1.165) is 5.25 Å². The van der Waals surface area contributed by atoms with Crippen molar-refractivity contribution in [2.75, 3.05) is 12.3 Å². The molecule has 1 atom stereocenters. The molecule has 0 bridgehead atoms. The Kier molecular flexibility index (Phi) is 9.27. The molecule has 17 heavy (non-hydrogen) atoms. The molecule has 1 fully saturated rings. The molecule has 0 saturated heterocycles. The lowest BCUT2D eigenvalue weighted by Gasteiger charge is -2.21. The van der Waals surface area contributed by atoms with Gasteiger partial charge in [0.25, 0.3) is 0 Å². The standard InChI is InChI=1S/C15H31NS/c1-3-4-6-9-14(2)16-12-13-17-15-10-7-5-8-11-15/h14-16H,3-13H2,1-2H3. The van der Waals surface area contributed by atoms with Crippen molar-refractivity contribution in [2.24, 2.45) is 0 Å². The molecular weight excluding hydrogens is 226 g/mol. The topological polar surface area (TPSA) is 12.0 Å². The Balaban J connectivity index is 1.88. The molecule has 1 aliphatic carbocycles. The average Bonchev–Trinajstić information content (AvgIpc) is 2.36. The first kappa shape index (κ1) is 15.4. The maximum atomic E-state index is 3.66. The smallest absolute Gasteiger partial charge is 0.00609 e. The molecule has 2 heteroatoms. The molecule has 1 rings (SSSR count). The largest absolute Gasteiger partial charge is 0.313 e. The van der Waals surface area contributed by atoms with Gasteiger partial charge >= 0.3 is 0 Å². The summed E-state index contributed by atoms with van der Waals surface area (Å²) in [6.07, 6.45) is 12.8. The van der Waals surface area contributed by atoms with Crippen LogP contribution in [0.25, 0.3) is 0 Å². The average molecular weight is 257 g/mol. The number of thioether (sulfide) groups is 1. The van der Waals surface area contributed by atoms with E-state index in [-0.39, 0.29) is 0 Å². The predicted octanol–water partition coefficient (Wildman–Crippen LogP) is 4.61. The highest BCUT2D eigenvalue weighted by Crippen LogP contribution is 2.27. The van der Waals surface area contributed by atoms with Crippen molar-refractivity contribution >= 4 is 11.8 Å². The van der Waals surface area contributed by atoms with Gasteiger partial charge in [-0.25, -0.2) is 0 Å². The summed E-state index contributed by atoms with van der Waals surface area (Å²) in [5.74, 6) is 1.31. The Hall–Kier alpha value is 0.310. The molecule has 0 spiro atoms. The quantitative estimate of drug-likeness (QED) is 0.605. The van der Waals surface area contributed by atoms with E-state index in [2.05, 4.69) is 30.9 Å². The van der Waals surface area contributed by atoms with Crippen molar-refractivity contribution in [1.29, 1.82) is 0 Å². The van der Waals surface area contributed by atoms with Gasteiger partial charge in [0.1, 0.15) is 0 Å². The molecule has 1 nitrogen and oxygen atoms in total. The van der Waals surface area contributed by atoms with Crippen molar-refractivity contribution in [2.45, 2.75) is 82.9 Å². The Labute approximate surface area is 113 Å². The number of nitrogens with one attached hydrogen (secondary N) is 1. The van der Waals surface area contributed by atoms with E-state index >= 15 is 0 Å². The lowest BCUT2D eigenvalue weighted by atomic mass is 10.0. The molecule has 0 aromatic heterocycles. The first-order valence-corrected chi connectivity index (χ1v) is 8.72. The molecule has 1 aliphatic rings. The summed E-state index contributed by atoms with van der Waals surface area (Å²) < 4.78 is 0. The van der Waals surface area contributed by atoms with E-state index in [4.69, 9.17) is 0 Å². The maximum Gasteiger partial charge on any atom is 0.00609 e. The third-order valence-corrected chi connectivity index (χ3v) is 5.12. The van der Waals surface area contributed by atoms with Crippen molar-refractivity contribution in [3.8, 4) is 0 Å². The molecule has 0 amide bonds. The van der Waals surface area contributed by atoms with E-state index in [1.54, 1.807) is 0 Å². The van der Waals surface area contributed by atoms with Crippen molar-refractivity contribution in [1.82, 2.24) is 5.32 Å². The van der Waals surface area contributed by atoms with Gasteiger partial charge in [-0.15, -0.1) is 0 Å². The van der Waals surface area contributed by atoms with Gasteiger partial charge in [-0.3, -0.25) is 0 Å². The molecule has 0 aromatic rings. The lowest BCUT2D eigenvalue weighted by molar-refractivity contribution is 0.499. The van der Waals surface area contributed by atoms with Gasteiger partial charge in [0.05, 0.1) is 0 Å². The van der Waals surface area contributed by atoms with E-state index in [9.17, 15) is 0 Å². The zero-order valence-corrected chi connectivity index (χ0v) is 12.7. The minimum atomic E-state index is 0.716. The second kappa shape index (κ2) is 10.3. The van der Waals surface area contributed by atoms with Crippen molar-refractivity contribution in [3.05, 3.63) is 0 Å². The van der Waals surface area contributed by atoms with Gasteiger partial charge in [-0.05, 0) is 26.2 Å². The first-order valence-electron chi connectivity index (χ1n) is 7.68. The van der Waals surface area contributed by atoms with Crippen molar-refractivity contribution < 1.29 is 0 Å². The van der Waals surface area contributed by atoms with Crippen LogP contribution < -0.4 is 5.32 Å². The highest BCUT2D eigenvalue weighted by atomic mass is 32.2. The second-order valence-corrected chi connectivity index (χ2v) is 6.89. The van der Waals surface area contributed by atoms with Crippen LogP contribution in [0.15, 0.2) is 0 Å². The third kappa shape index (κ3) is 8.10. The summed E-state index contributed by atoms with van der Waals surface area (Å²) in [7, 11) is 0. The van der Waals surface area contributed by atoms with Crippen LogP contribution >= 0.6 is 11.8 Å². The predicted molar refractivity (Wildman–Crippen MR) is 80.9 cm³/mol. The lowest BCUT2D eigenvalue weighted by Crippen LogP contribution is -2.28. The summed E-state index contributed by atoms with van der Waals surface area (Å²) in [5, 5.41) is 4.63. The summed E-state index contributed by atoms with van der Waals surface area (Å²) in [6, 6.07) is 0.716.